The fraction of sp³-hybridized carbons (Fsp3) is 0.350. The lowest BCUT2D eigenvalue weighted by atomic mass is 9.98. The van der Waals surface area contributed by atoms with Crippen molar-refractivity contribution in [1.29, 1.82) is 0 Å². The predicted molar refractivity (Wildman–Crippen MR) is 190 cm³/mol. The molecule has 0 amide bonds. The van der Waals surface area contributed by atoms with Crippen molar-refractivity contribution in [2.45, 2.75) is 83.6 Å². The number of carbonyl (C=O) groups is 2. The molecule has 5 rings (SSSR count). The minimum absolute atomic E-state index is 0.140. The van der Waals surface area contributed by atoms with Gasteiger partial charge in [-0.15, -0.1) is 0 Å². The van der Waals surface area contributed by atoms with Crippen molar-refractivity contribution in [3.63, 3.8) is 0 Å². The SMILES string of the molecule is CC(=O)OC[C@H]1O[C@H](OC(C)=O)[C@@H](OCc2ccccc2)[C@@H](O[Si](c2ccccc2)(c2ccccc2)C(C)(C)C)[C@@H]1OCc1ccccc1. The molecule has 0 aliphatic carbocycles. The zero-order valence-corrected chi connectivity index (χ0v) is 29.8. The predicted octanol–water partition coefficient (Wildman–Crippen LogP) is 5.95. The summed E-state index contributed by atoms with van der Waals surface area (Å²) in [4.78, 5) is 24.7. The highest BCUT2D eigenvalue weighted by Crippen LogP contribution is 2.41. The Balaban J connectivity index is 1.69. The highest BCUT2D eigenvalue weighted by Gasteiger charge is 2.58. The third-order valence-corrected chi connectivity index (χ3v) is 13.7. The van der Waals surface area contributed by atoms with Crippen LogP contribution in [0.25, 0.3) is 0 Å². The zero-order valence-electron chi connectivity index (χ0n) is 28.8. The fourth-order valence-electron chi connectivity index (χ4n) is 6.41. The van der Waals surface area contributed by atoms with Crippen molar-refractivity contribution in [1.82, 2.24) is 0 Å². The van der Waals surface area contributed by atoms with Crippen LogP contribution in [0.2, 0.25) is 5.04 Å². The van der Waals surface area contributed by atoms with E-state index in [0.717, 1.165) is 21.5 Å². The molecule has 4 aromatic rings. The van der Waals surface area contributed by atoms with Crippen LogP contribution in [0.5, 0.6) is 0 Å². The summed E-state index contributed by atoms with van der Waals surface area (Å²) in [6.45, 7) is 9.54. The van der Waals surface area contributed by atoms with Gasteiger partial charge in [0, 0.05) is 13.8 Å². The highest BCUT2D eigenvalue weighted by atomic mass is 28.4. The summed E-state index contributed by atoms with van der Waals surface area (Å²) in [5.74, 6) is -1.02. The largest absolute Gasteiger partial charge is 0.463 e. The van der Waals surface area contributed by atoms with E-state index in [1.165, 1.54) is 13.8 Å². The second-order valence-electron chi connectivity index (χ2n) is 13.2. The second kappa shape index (κ2) is 16.5. The van der Waals surface area contributed by atoms with Crippen molar-refractivity contribution < 1.29 is 37.7 Å². The quantitative estimate of drug-likeness (QED) is 0.126. The standard InChI is InChI=1S/C40H46O8Si/c1-29(41)43-28-35-36(44-26-31-18-10-6-11-19-31)37(38(39(47-35)46-30(2)42)45-27-32-20-12-7-13-21-32)48-49(40(3,4)5,33-22-14-8-15-23-33)34-24-16-9-17-25-34/h6-25,35-39H,26-28H2,1-5H3/t35-,36-,37+,38+,39+/m1/s1. The van der Waals surface area contributed by atoms with Gasteiger partial charge in [0.05, 0.1) is 13.2 Å². The van der Waals surface area contributed by atoms with Crippen LogP contribution >= 0.6 is 0 Å². The van der Waals surface area contributed by atoms with Crippen molar-refractivity contribution in [3.8, 4) is 0 Å². The molecule has 0 radical (unpaired) electrons. The lowest BCUT2D eigenvalue weighted by Crippen LogP contribution is -2.72. The minimum atomic E-state index is -3.24. The number of carbonyl (C=O) groups excluding carboxylic acids is 2. The van der Waals surface area contributed by atoms with E-state index >= 15 is 0 Å². The number of rotatable bonds is 13. The smallest absolute Gasteiger partial charge is 0.305 e. The second-order valence-corrected chi connectivity index (χ2v) is 17.5. The molecule has 4 aromatic carbocycles. The number of hydrogen-bond donors (Lipinski definition) is 0. The molecule has 9 heteroatoms. The molecule has 258 valence electrons. The van der Waals surface area contributed by atoms with Gasteiger partial charge in [-0.3, -0.25) is 9.59 Å². The van der Waals surface area contributed by atoms with E-state index in [9.17, 15) is 9.59 Å². The Bertz CT molecular complexity index is 1570. The molecule has 1 fully saturated rings. The third kappa shape index (κ3) is 8.92. The average Bonchev–Trinajstić information content (AvgIpc) is 3.09. The molecular formula is C40H46O8Si. The summed E-state index contributed by atoms with van der Waals surface area (Å²) in [5.41, 5.74) is 1.87. The molecule has 0 saturated carbocycles. The van der Waals surface area contributed by atoms with Crippen molar-refractivity contribution >= 4 is 30.6 Å². The maximum absolute atomic E-state index is 12.6. The monoisotopic (exact) mass is 682 g/mol. The molecule has 5 atom stereocenters. The van der Waals surface area contributed by atoms with Gasteiger partial charge >= 0.3 is 11.9 Å². The molecule has 0 aromatic heterocycles. The minimum Gasteiger partial charge on any atom is -0.463 e. The van der Waals surface area contributed by atoms with Crippen molar-refractivity contribution in [2.75, 3.05) is 6.61 Å². The Morgan fingerprint density at radius 2 is 1.08 bits per heavy atom. The topological polar surface area (TPSA) is 89.5 Å². The zero-order chi connectivity index (χ0) is 34.9. The van der Waals surface area contributed by atoms with Gasteiger partial charge in [0.25, 0.3) is 8.32 Å². The van der Waals surface area contributed by atoms with E-state index in [4.69, 9.17) is 28.1 Å². The normalized spacial score (nSPS) is 21.1. The lowest BCUT2D eigenvalue weighted by molar-refractivity contribution is -0.307. The molecule has 1 heterocycles. The fourth-order valence-corrected chi connectivity index (χ4v) is 11.1. The molecule has 1 saturated heterocycles. The van der Waals surface area contributed by atoms with Crippen LogP contribution in [0.3, 0.4) is 0 Å². The summed E-state index contributed by atoms with van der Waals surface area (Å²) in [5, 5.41) is 1.72. The lowest BCUT2D eigenvalue weighted by Gasteiger charge is -2.51. The maximum atomic E-state index is 12.6. The first-order chi connectivity index (χ1) is 23.6. The van der Waals surface area contributed by atoms with Gasteiger partial charge in [-0.05, 0) is 26.5 Å². The van der Waals surface area contributed by atoms with Gasteiger partial charge in [-0.1, -0.05) is 142 Å². The van der Waals surface area contributed by atoms with Crippen LogP contribution in [0.4, 0.5) is 0 Å². The van der Waals surface area contributed by atoms with E-state index in [2.05, 4.69) is 45.0 Å². The first-order valence-corrected chi connectivity index (χ1v) is 18.6. The molecule has 49 heavy (non-hydrogen) atoms. The van der Waals surface area contributed by atoms with Crippen LogP contribution in [0, 0.1) is 0 Å². The van der Waals surface area contributed by atoms with Crippen LogP contribution in [0.15, 0.2) is 121 Å². The summed E-state index contributed by atoms with van der Waals surface area (Å²) >= 11 is 0. The van der Waals surface area contributed by atoms with E-state index in [1.807, 2.05) is 97.1 Å². The molecule has 0 N–H and O–H groups in total. The van der Waals surface area contributed by atoms with E-state index < -0.39 is 56.0 Å². The summed E-state index contributed by atoms with van der Waals surface area (Å²) in [7, 11) is -3.24. The average molecular weight is 683 g/mol. The van der Waals surface area contributed by atoms with Crippen molar-refractivity contribution in [3.05, 3.63) is 132 Å². The number of ether oxygens (including phenoxy) is 5. The first-order valence-electron chi connectivity index (χ1n) is 16.6. The molecular weight excluding hydrogens is 637 g/mol. The molecule has 1 aliphatic rings. The Labute approximate surface area is 290 Å². The molecule has 0 spiro atoms. The van der Waals surface area contributed by atoms with Gasteiger partial charge in [0.2, 0.25) is 6.29 Å². The highest BCUT2D eigenvalue weighted by molar-refractivity contribution is 6.99. The maximum Gasteiger partial charge on any atom is 0.305 e. The van der Waals surface area contributed by atoms with Gasteiger partial charge in [-0.2, -0.15) is 0 Å². The van der Waals surface area contributed by atoms with Crippen LogP contribution in [-0.2, 0) is 50.9 Å². The van der Waals surface area contributed by atoms with Crippen LogP contribution in [0.1, 0.15) is 45.7 Å². The Kier molecular flexibility index (Phi) is 12.2. The van der Waals surface area contributed by atoms with Gasteiger partial charge in [-0.25, -0.2) is 0 Å². The number of benzene rings is 4. The van der Waals surface area contributed by atoms with E-state index in [0.29, 0.717) is 0 Å². The first kappa shape index (κ1) is 36.2. The Morgan fingerprint density at radius 1 is 0.633 bits per heavy atom. The summed E-state index contributed by atoms with van der Waals surface area (Å²) < 4.78 is 39.0. The van der Waals surface area contributed by atoms with Crippen molar-refractivity contribution in [2.24, 2.45) is 0 Å². The van der Waals surface area contributed by atoms with Gasteiger partial charge in [0.15, 0.2) is 0 Å². The number of hydrogen-bond acceptors (Lipinski definition) is 8. The molecule has 0 bridgehead atoms. The van der Waals surface area contributed by atoms with Gasteiger partial charge < -0.3 is 28.1 Å². The van der Waals surface area contributed by atoms with Crippen LogP contribution in [-0.4, -0.2) is 57.6 Å². The summed E-state index contributed by atoms with van der Waals surface area (Å²) in [6, 6.07) is 40.1. The Morgan fingerprint density at radius 3 is 1.51 bits per heavy atom. The molecule has 8 nitrogen and oxygen atoms in total. The van der Waals surface area contributed by atoms with E-state index in [-0.39, 0.29) is 19.8 Å². The Hall–Kier alpha value is -4.12. The van der Waals surface area contributed by atoms with Crippen LogP contribution < -0.4 is 10.4 Å². The van der Waals surface area contributed by atoms with Gasteiger partial charge in [0.1, 0.15) is 31.0 Å². The summed E-state index contributed by atoms with van der Waals surface area (Å²) in [6.07, 6.45) is -4.58. The third-order valence-electron chi connectivity index (χ3n) is 8.62. The molecule has 0 unspecified atom stereocenters. The molecule has 1 aliphatic heterocycles. The number of esters is 2. The van der Waals surface area contributed by atoms with E-state index in [1.54, 1.807) is 0 Å².